The zero-order valence-corrected chi connectivity index (χ0v) is 12.0. The molecule has 0 amide bonds. The summed E-state index contributed by atoms with van der Waals surface area (Å²) in [5.74, 6) is 0.357. The molecule has 0 radical (unpaired) electrons. The molecule has 0 bridgehead atoms. The van der Waals surface area contributed by atoms with Crippen molar-refractivity contribution in [1.29, 1.82) is 0 Å². The Morgan fingerprint density at radius 3 is 3.17 bits per heavy atom. The highest BCUT2D eigenvalue weighted by Gasteiger charge is 2.24. The van der Waals surface area contributed by atoms with E-state index < -0.39 is 0 Å². The first-order chi connectivity index (χ1) is 8.79. The third kappa shape index (κ3) is 3.93. The van der Waals surface area contributed by atoms with E-state index in [1.165, 1.54) is 11.3 Å². The topological polar surface area (TPSA) is 64.1 Å². The van der Waals surface area contributed by atoms with Crippen molar-refractivity contribution in [1.82, 2.24) is 10.2 Å². The molecular formula is C11H17N3O2S2. The van der Waals surface area contributed by atoms with Crippen LogP contribution in [0.1, 0.15) is 25.7 Å². The summed E-state index contributed by atoms with van der Waals surface area (Å²) < 4.78 is 5.82. The number of nitrogens with zero attached hydrogens (tertiary/aromatic N) is 2. The second-order valence-corrected chi connectivity index (χ2v) is 6.54. The molecule has 1 saturated carbocycles. The molecule has 1 aromatic rings. The van der Waals surface area contributed by atoms with Gasteiger partial charge in [0, 0.05) is 20.1 Å². The van der Waals surface area contributed by atoms with E-state index in [9.17, 15) is 4.79 Å². The monoisotopic (exact) mass is 287 g/mol. The molecule has 7 heteroatoms. The standard InChI is InChI=1S/C11H17N3O2S2/c1-16-7-6-12-10-13-14-11(18-10)17-9-5-3-2-4-8(9)15/h9H,2-7H2,1H3,(H,12,13)/t9-/m1/s1. The number of ether oxygens (including phenoxy) is 1. The second-order valence-electron chi connectivity index (χ2n) is 4.11. The van der Waals surface area contributed by atoms with Gasteiger partial charge in [0.15, 0.2) is 4.34 Å². The van der Waals surface area contributed by atoms with Crippen molar-refractivity contribution >= 4 is 34.0 Å². The minimum Gasteiger partial charge on any atom is -0.383 e. The van der Waals surface area contributed by atoms with Crippen LogP contribution in [-0.2, 0) is 9.53 Å². The summed E-state index contributed by atoms with van der Waals surface area (Å²) in [4.78, 5) is 11.7. The predicted molar refractivity (Wildman–Crippen MR) is 73.4 cm³/mol. The Kier molecular flexibility index (Phi) is 5.40. The van der Waals surface area contributed by atoms with Gasteiger partial charge in [-0.15, -0.1) is 10.2 Å². The number of thioether (sulfide) groups is 1. The van der Waals surface area contributed by atoms with E-state index in [0.717, 1.165) is 41.7 Å². The minimum absolute atomic E-state index is 0.0820. The fourth-order valence-electron chi connectivity index (χ4n) is 1.79. The van der Waals surface area contributed by atoms with Gasteiger partial charge in [0.25, 0.3) is 0 Å². The Labute approximate surface area is 115 Å². The number of hydrogen-bond donors (Lipinski definition) is 1. The molecule has 1 fully saturated rings. The lowest BCUT2D eigenvalue weighted by atomic mass is 9.99. The summed E-state index contributed by atoms with van der Waals surface area (Å²) >= 11 is 3.06. The van der Waals surface area contributed by atoms with Gasteiger partial charge in [0.05, 0.1) is 11.9 Å². The maximum absolute atomic E-state index is 11.7. The van der Waals surface area contributed by atoms with Crippen LogP contribution in [0.3, 0.4) is 0 Å². The molecule has 1 N–H and O–H groups in total. The Bertz CT molecular complexity index is 397. The average Bonchev–Trinajstić information content (AvgIpc) is 2.80. The molecule has 0 spiro atoms. The lowest BCUT2D eigenvalue weighted by Gasteiger charge is -2.17. The molecule has 5 nitrogen and oxygen atoms in total. The molecule has 1 atom stereocenters. The molecule has 1 aromatic heterocycles. The van der Waals surface area contributed by atoms with Crippen LogP contribution < -0.4 is 5.32 Å². The molecule has 1 aliphatic rings. The Morgan fingerprint density at radius 1 is 1.50 bits per heavy atom. The van der Waals surface area contributed by atoms with Gasteiger partial charge in [0.1, 0.15) is 5.78 Å². The Hall–Kier alpha value is -0.660. The Morgan fingerprint density at radius 2 is 2.39 bits per heavy atom. The maximum Gasteiger partial charge on any atom is 0.206 e. The van der Waals surface area contributed by atoms with Gasteiger partial charge < -0.3 is 10.1 Å². The van der Waals surface area contributed by atoms with Gasteiger partial charge in [-0.25, -0.2) is 0 Å². The molecule has 100 valence electrons. The van der Waals surface area contributed by atoms with Crippen LogP contribution in [0.4, 0.5) is 5.13 Å². The SMILES string of the molecule is COCCNc1nnc(S[C@@H]2CCCCC2=O)s1. The molecule has 0 aliphatic heterocycles. The summed E-state index contributed by atoms with van der Waals surface area (Å²) in [6.45, 7) is 1.36. The zero-order chi connectivity index (χ0) is 12.8. The molecule has 18 heavy (non-hydrogen) atoms. The third-order valence-corrected chi connectivity index (χ3v) is 5.01. The van der Waals surface area contributed by atoms with E-state index in [4.69, 9.17) is 4.74 Å². The van der Waals surface area contributed by atoms with Crippen LogP contribution >= 0.6 is 23.1 Å². The van der Waals surface area contributed by atoms with Crippen molar-refractivity contribution in [2.45, 2.75) is 35.3 Å². The number of nitrogens with one attached hydrogen (secondary N) is 1. The fraction of sp³-hybridized carbons (Fsp3) is 0.727. The van der Waals surface area contributed by atoms with Gasteiger partial charge in [-0.1, -0.05) is 29.5 Å². The quantitative estimate of drug-likeness (QED) is 0.809. The van der Waals surface area contributed by atoms with Crippen molar-refractivity contribution < 1.29 is 9.53 Å². The van der Waals surface area contributed by atoms with Gasteiger partial charge in [-0.3, -0.25) is 4.79 Å². The van der Waals surface area contributed by atoms with E-state index in [-0.39, 0.29) is 5.25 Å². The third-order valence-electron chi connectivity index (χ3n) is 2.73. The van der Waals surface area contributed by atoms with Crippen LogP contribution in [0.5, 0.6) is 0 Å². The smallest absolute Gasteiger partial charge is 0.206 e. The number of hydrogen-bond acceptors (Lipinski definition) is 7. The summed E-state index contributed by atoms with van der Waals surface area (Å²) in [6, 6.07) is 0. The molecule has 1 aliphatic carbocycles. The number of rotatable bonds is 6. The number of anilines is 1. The van der Waals surface area contributed by atoms with E-state index >= 15 is 0 Å². The van der Waals surface area contributed by atoms with Crippen LogP contribution in [0.25, 0.3) is 0 Å². The van der Waals surface area contributed by atoms with Gasteiger partial charge in [0.2, 0.25) is 5.13 Å². The van der Waals surface area contributed by atoms with Crippen molar-refractivity contribution in [3.05, 3.63) is 0 Å². The highest BCUT2D eigenvalue weighted by Crippen LogP contribution is 2.34. The number of aromatic nitrogens is 2. The molecule has 0 aromatic carbocycles. The summed E-state index contributed by atoms with van der Waals surface area (Å²) in [7, 11) is 1.66. The lowest BCUT2D eigenvalue weighted by Crippen LogP contribution is -2.21. The first-order valence-electron chi connectivity index (χ1n) is 6.05. The molecule has 1 heterocycles. The number of methoxy groups -OCH3 is 1. The minimum atomic E-state index is 0.0820. The van der Waals surface area contributed by atoms with E-state index in [1.807, 2.05) is 0 Å². The van der Waals surface area contributed by atoms with Crippen LogP contribution in [-0.4, -0.2) is 41.5 Å². The summed E-state index contributed by atoms with van der Waals surface area (Å²) in [6.07, 6.45) is 3.86. The number of carbonyl (C=O) groups is 1. The average molecular weight is 287 g/mol. The molecule has 0 saturated heterocycles. The molecule has 2 rings (SSSR count). The second kappa shape index (κ2) is 7.06. The maximum atomic E-state index is 11.7. The predicted octanol–water partition coefficient (Wildman–Crippen LogP) is 2.20. The first kappa shape index (κ1) is 13.8. The van der Waals surface area contributed by atoms with Crippen molar-refractivity contribution in [2.24, 2.45) is 0 Å². The van der Waals surface area contributed by atoms with Crippen LogP contribution in [0.2, 0.25) is 0 Å². The highest BCUT2D eigenvalue weighted by molar-refractivity contribution is 8.02. The lowest BCUT2D eigenvalue weighted by molar-refractivity contribution is -0.119. The molecule has 0 unspecified atom stereocenters. The number of Topliss-reactive ketones (excluding diaryl/α,β-unsaturated/α-hetero) is 1. The van der Waals surface area contributed by atoms with Crippen molar-refractivity contribution in [3.63, 3.8) is 0 Å². The van der Waals surface area contributed by atoms with Gasteiger partial charge in [-0.05, 0) is 12.8 Å². The Balaban J connectivity index is 1.83. The highest BCUT2D eigenvalue weighted by atomic mass is 32.2. The van der Waals surface area contributed by atoms with Crippen molar-refractivity contribution in [2.75, 3.05) is 25.6 Å². The van der Waals surface area contributed by atoms with Gasteiger partial charge >= 0.3 is 0 Å². The van der Waals surface area contributed by atoms with E-state index in [0.29, 0.717) is 12.4 Å². The van der Waals surface area contributed by atoms with Crippen LogP contribution in [0.15, 0.2) is 4.34 Å². The fourth-order valence-corrected chi connectivity index (χ4v) is 3.93. The first-order valence-corrected chi connectivity index (χ1v) is 7.75. The normalized spacial score (nSPS) is 20.1. The largest absolute Gasteiger partial charge is 0.383 e. The number of carbonyl (C=O) groups excluding carboxylic acids is 1. The number of ketones is 1. The van der Waals surface area contributed by atoms with E-state index in [2.05, 4.69) is 15.5 Å². The van der Waals surface area contributed by atoms with Crippen molar-refractivity contribution in [3.8, 4) is 0 Å². The van der Waals surface area contributed by atoms with Gasteiger partial charge in [-0.2, -0.15) is 0 Å². The summed E-state index contributed by atoms with van der Waals surface area (Å²) in [5.41, 5.74) is 0. The summed E-state index contributed by atoms with van der Waals surface area (Å²) in [5, 5.41) is 12.2. The molecular weight excluding hydrogens is 270 g/mol. The van der Waals surface area contributed by atoms with Crippen LogP contribution in [0, 0.1) is 0 Å². The zero-order valence-electron chi connectivity index (χ0n) is 10.3. The van der Waals surface area contributed by atoms with E-state index in [1.54, 1.807) is 18.9 Å².